The van der Waals surface area contributed by atoms with E-state index < -0.39 is 0 Å². The van der Waals surface area contributed by atoms with Crippen LogP contribution in [-0.2, 0) is 4.74 Å². The van der Waals surface area contributed by atoms with Gasteiger partial charge in [0.2, 0.25) is 0 Å². The van der Waals surface area contributed by atoms with Gasteiger partial charge in [-0.3, -0.25) is 0 Å². The predicted octanol–water partition coefficient (Wildman–Crippen LogP) is 2.97. The normalized spacial score (nSPS) is 14.4. The molecule has 1 N–H and O–H groups in total. The average molecular weight is 201 g/mol. The highest BCUT2D eigenvalue weighted by Crippen LogP contribution is 2.01. The topological polar surface area (TPSA) is 21.3 Å². The molecule has 0 bridgehead atoms. The maximum absolute atomic E-state index is 5.60. The Morgan fingerprint density at radius 2 is 1.86 bits per heavy atom. The van der Waals surface area contributed by atoms with Crippen LogP contribution in [0, 0.1) is 0 Å². The van der Waals surface area contributed by atoms with Gasteiger partial charge in [0.25, 0.3) is 0 Å². The Balaban J connectivity index is 3.14. The van der Waals surface area contributed by atoms with E-state index in [4.69, 9.17) is 4.74 Å². The third-order valence-corrected chi connectivity index (χ3v) is 2.20. The van der Waals surface area contributed by atoms with Gasteiger partial charge >= 0.3 is 0 Å². The number of hydrogen-bond acceptors (Lipinski definition) is 2. The number of unbranched alkanes of at least 4 members (excludes halogenated alkanes) is 1. The number of ether oxygens (including phenoxy) is 1. The molecule has 0 rings (SSSR count). The molecule has 0 amide bonds. The zero-order chi connectivity index (χ0) is 11.0. The first-order chi connectivity index (χ1) is 6.45. The summed E-state index contributed by atoms with van der Waals surface area (Å²) in [4.78, 5) is 0. The van der Waals surface area contributed by atoms with Crippen LogP contribution in [0.3, 0.4) is 0 Å². The number of nitrogens with one attached hydrogen (secondary N) is 1. The van der Waals surface area contributed by atoms with E-state index >= 15 is 0 Å². The van der Waals surface area contributed by atoms with Gasteiger partial charge in [0.1, 0.15) is 0 Å². The molecule has 0 spiro atoms. The van der Waals surface area contributed by atoms with Crippen LogP contribution in [0.15, 0.2) is 0 Å². The van der Waals surface area contributed by atoms with Crippen molar-refractivity contribution < 1.29 is 4.74 Å². The molecule has 0 saturated carbocycles. The Labute approximate surface area is 89.4 Å². The largest absolute Gasteiger partial charge is 0.379 e. The molecule has 86 valence electrons. The molecule has 2 heteroatoms. The van der Waals surface area contributed by atoms with Crippen LogP contribution in [-0.4, -0.2) is 24.8 Å². The van der Waals surface area contributed by atoms with Crippen LogP contribution in [0.5, 0.6) is 0 Å². The summed E-state index contributed by atoms with van der Waals surface area (Å²) in [6.07, 6.45) is 3.90. The highest BCUT2D eigenvalue weighted by Gasteiger charge is 2.06. The molecular formula is C12H27NO. The molecule has 0 heterocycles. The highest BCUT2D eigenvalue weighted by atomic mass is 16.5. The molecule has 0 aliphatic heterocycles. The van der Waals surface area contributed by atoms with Crippen molar-refractivity contribution in [3.8, 4) is 0 Å². The van der Waals surface area contributed by atoms with Crippen molar-refractivity contribution in [1.29, 1.82) is 0 Å². The molecule has 0 saturated heterocycles. The van der Waals surface area contributed by atoms with Crippen LogP contribution in [0.1, 0.15) is 53.9 Å². The van der Waals surface area contributed by atoms with Gasteiger partial charge in [-0.05, 0) is 53.5 Å². The summed E-state index contributed by atoms with van der Waals surface area (Å²) >= 11 is 0. The lowest BCUT2D eigenvalue weighted by Gasteiger charge is -2.20. The van der Waals surface area contributed by atoms with E-state index in [1.807, 2.05) is 0 Å². The van der Waals surface area contributed by atoms with Crippen molar-refractivity contribution in [3.63, 3.8) is 0 Å². The lowest BCUT2D eigenvalue weighted by Crippen LogP contribution is -2.36. The SMILES string of the molecule is CCC(C)OCCCCNC(C)(C)C. The van der Waals surface area contributed by atoms with E-state index in [9.17, 15) is 0 Å². The summed E-state index contributed by atoms with van der Waals surface area (Å²) in [5.74, 6) is 0. The standard InChI is InChI=1S/C12H27NO/c1-6-11(2)14-10-8-7-9-13-12(3,4)5/h11,13H,6-10H2,1-5H3. The molecule has 0 aromatic rings. The molecule has 0 aromatic heterocycles. The highest BCUT2D eigenvalue weighted by molar-refractivity contribution is 4.69. The van der Waals surface area contributed by atoms with Crippen molar-refractivity contribution in [2.75, 3.05) is 13.2 Å². The second-order valence-electron chi connectivity index (χ2n) is 4.97. The maximum atomic E-state index is 5.60. The molecular weight excluding hydrogens is 174 g/mol. The predicted molar refractivity (Wildman–Crippen MR) is 62.7 cm³/mol. The van der Waals surface area contributed by atoms with Gasteiger partial charge in [-0.1, -0.05) is 6.92 Å². The average Bonchev–Trinajstić information content (AvgIpc) is 2.08. The molecule has 1 atom stereocenters. The minimum Gasteiger partial charge on any atom is -0.379 e. The molecule has 0 fully saturated rings. The summed E-state index contributed by atoms with van der Waals surface area (Å²) in [5.41, 5.74) is 0.248. The van der Waals surface area contributed by atoms with Crippen molar-refractivity contribution in [3.05, 3.63) is 0 Å². The second-order valence-corrected chi connectivity index (χ2v) is 4.97. The lowest BCUT2D eigenvalue weighted by atomic mass is 10.1. The first kappa shape index (κ1) is 13.9. The Morgan fingerprint density at radius 1 is 1.21 bits per heavy atom. The van der Waals surface area contributed by atoms with Gasteiger partial charge < -0.3 is 10.1 Å². The summed E-state index contributed by atoms with van der Waals surface area (Å²) < 4.78 is 5.60. The van der Waals surface area contributed by atoms with Gasteiger partial charge in [0.15, 0.2) is 0 Å². The number of hydrogen-bond donors (Lipinski definition) is 1. The van der Waals surface area contributed by atoms with Crippen LogP contribution >= 0.6 is 0 Å². The van der Waals surface area contributed by atoms with Gasteiger partial charge in [-0.15, -0.1) is 0 Å². The molecule has 0 aliphatic rings. The fourth-order valence-corrected chi connectivity index (χ4v) is 1.09. The maximum Gasteiger partial charge on any atom is 0.0544 e. The zero-order valence-corrected chi connectivity index (χ0v) is 10.5. The van der Waals surface area contributed by atoms with E-state index in [1.165, 1.54) is 6.42 Å². The van der Waals surface area contributed by atoms with E-state index in [0.29, 0.717) is 6.10 Å². The Bertz CT molecular complexity index is 129. The lowest BCUT2D eigenvalue weighted by molar-refractivity contribution is 0.0609. The molecule has 0 radical (unpaired) electrons. The Hall–Kier alpha value is -0.0800. The van der Waals surface area contributed by atoms with Crippen LogP contribution in [0.2, 0.25) is 0 Å². The summed E-state index contributed by atoms with van der Waals surface area (Å²) in [5, 5.41) is 3.47. The first-order valence-corrected chi connectivity index (χ1v) is 5.82. The smallest absolute Gasteiger partial charge is 0.0544 e. The van der Waals surface area contributed by atoms with E-state index in [-0.39, 0.29) is 5.54 Å². The van der Waals surface area contributed by atoms with Gasteiger partial charge in [-0.2, -0.15) is 0 Å². The van der Waals surface area contributed by atoms with Crippen molar-refractivity contribution in [2.45, 2.75) is 65.5 Å². The van der Waals surface area contributed by atoms with Crippen molar-refractivity contribution in [2.24, 2.45) is 0 Å². The first-order valence-electron chi connectivity index (χ1n) is 5.82. The minimum atomic E-state index is 0.248. The summed E-state index contributed by atoms with van der Waals surface area (Å²) in [7, 11) is 0. The second kappa shape index (κ2) is 7.24. The van der Waals surface area contributed by atoms with Crippen molar-refractivity contribution >= 4 is 0 Å². The molecule has 1 unspecified atom stereocenters. The summed E-state index contributed by atoms with van der Waals surface area (Å²) in [6.45, 7) is 12.9. The molecule has 14 heavy (non-hydrogen) atoms. The van der Waals surface area contributed by atoms with Gasteiger partial charge in [0, 0.05) is 12.1 Å². The quantitative estimate of drug-likeness (QED) is 0.639. The van der Waals surface area contributed by atoms with Gasteiger partial charge in [0.05, 0.1) is 6.10 Å². The van der Waals surface area contributed by atoms with E-state index in [1.54, 1.807) is 0 Å². The van der Waals surface area contributed by atoms with Gasteiger partial charge in [-0.25, -0.2) is 0 Å². The number of rotatable bonds is 7. The molecule has 2 nitrogen and oxygen atoms in total. The minimum absolute atomic E-state index is 0.248. The zero-order valence-electron chi connectivity index (χ0n) is 10.5. The third kappa shape index (κ3) is 10.0. The summed E-state index contributed by atoms with van der Waals surface area (Å²) in [6, 6.07) is 0. The Kier molecular flexibility index (Phi) is 7.20. The van der Waals surface area contributed by atoms with Crippen LogP contribution in [0.25, 0.3) is 0 Å². The third-order valence-electron chi connectivity index (χ3n) is 2.20. The fourth-order valence-electron chi connectivity index (χ4n) is 1.09. The van der Waals surface area contributed by atoms with Crippen molar-refractivity contribution in [1.82, 2.24) is 5.32 Å². The van der Waals surface area contributed by atoms with Crippen LogP contribution in [0.4, 0.5) is 0 Å². The van der Waals surface area contributed by atoms with E-state index in [0.717, 1.165) is 26.0 Å². The fraction of sp³-hybridized carbons (Fsp3) is 1.00. The molecule has 0 aromatic carbocycles. The van der Waals surface area contributed by atoms with E-state index in [2.05, 4.69) is 39.9 Å². The monoisotopic (exact) mass is 201 g/mol. The molecule has 0 aliphatic carbocycles. The van der Waals surface area contributed by atoms with Crippen LogP contribution < -0.4 is 5.32 Å². The Morgan fingerprint density at radius 3 is 2.36 bits per heavy atom.